The van der Waals surface area contributed by atoms with E-state index in [1.807, 2.05) is 47.9 Å². The van der Waals surface area contributed by atoms with E-state index in [1.54, 1.807) is 12.1 Å². The third kappa shape index (κ3) is 3.60. The van der Waals surface area contributed by atoms with Gasteiger partial charge in [0.1, 0.15) is 0 Å². The van der Waals surface area contributed by atoms with Gasteiger partial charge in [-0.3, -0.25) is 9.20 Å². The van der Waals surface area contributed by atoms with Crippen molar-refractivity contribution < 1.29 is 9.53 Å². The van der Waals surface area contributed by atoms with Crippen LogP contribution in [0, 0.1) is 0 Å². The van der Waals surface area contributed by atoms with Gasteiger partial charge in [-0.1, -0.05) is 30.3 Å². The van der Waals surface area contributed by atoms with Crippen LogP contribution in [0.5, 0.6) is 0 Å². The van der Waals surface area contributed by atoms with Crippen molar-refractivity contribution in [1.82, 2.24) is 19.9 Å². The molecule has 2 aromatic heterocycles. The van der Waals surface area contributed by atoms with E-state index in [2.05, 4.69) is 15.5 Å². The number of nitrogens with one attached hydrogen (secondary N) is 1. The van der Waals surface area contributed by atoms with Crippen LogP contribution in [0.15, 0.2) is 48.7 Å². The van der Waals surface area contributed by atoms with Gasteiger partial charge in [-0.05, 0) is 25.5 Å². The average Bonchev–Trinajstić information content (AvgIpc) is 3.05. The lowest BCUT2D eigenvalue weighted by Crippen LogP contribution is -2.25. The Morgan fingerprint density at radius 2 is 2.04 bits per heavy atom. The molecule has 0 radical (unpaired) electrons. The Balaban J connectivity index is 1.72. The number of hydrogen-bond acceptors (Lipinski definition) is 4. The molecule has 3 rings (SSSR count). The number of rotatable bonds is 7. The summed E-state index contributed by atoms with van der Waals surface area (Å²) < 4.78 is 7.13. The number of ether oxygens (including phenoxy) is 1. The number of nitrogens with zero attached hydrogens (tertiary/aromatic N) is 3. The smallest absolute Gasteiger partial charge is 0.251 e. The second-order valence-corrected chi connectivity index (χ2v) is 5.34. The van der Waals surface area contributed by atoms with Crippen molar-refractivity contribution in [3.05, 3.63) is 54.2 Å². The maximum Gasteiger partial charge on any atom is 0.251 e. The predicted molar refractivity (Wildman–Crippen MR) is 91.9 cm³/mol. The molecule has 0 atom stereocenters. The van der Waals surface area contributed by atoms with Crippen molar-refractivity contribution in [1.29, 1.82) is 0 Å². The van der Waals surface area contributed by atoms with Crippen molar-refractivity contribution in [3.63, 3.8) is 0 Å². The van der Waals surface area contributed by atoms with Gasteiger partial charge in [0.25, 0.3) is 5.91 Å². The Morgan fingerprint density at radius 1 is 1.21 bits per heavy atom. The highest BCUT2D eigenvalue weighted by atomic mass is 16.5. The SMILES string of the molecule is CCOCCCNC(=O)c1ccn2c(-c3ccccc3)nnc2c1. The molecule has 0 aliphatic rings. The number of carbonyl (C=O) groups excluding carboxylic acids is 1. The van der Waals surface area contributed by atoms with Crippen LogP contribution in [-0.2, 0) is 4.74 Å². The number of carbonyl (C=O) groups is 1. The highest BCUT2D eigenvalue weighted by Gasteiger charge is 2.11. The number of fused-ring (bicyclic) bond motifs is 1. The summed E-state index contributed by atoms with van der Waals surface area (Å²) in [4.78, 5) is 12.2. The first-order chi connectivity index (χ1) is 11.8. The molecule has 1 N–H and O–H groups in total. The van der Waals surface area contributed by atoms with E-state index in [9.17, 15) is 4.79 Å². The molecule has 1 amide bonds. The van der Waals surface area contributed by atoms with Crippen LogP contribution >= 0.6 is 0 Å². The number of benzene rings is 1. The van der Waals surface area contributed by atoms with Crippen LogP contribution in [0.3, 0.4) is 0 Å². The van der Waals surface area contributed by atoms with Crippen molar-refractivity contribution in [2.75, 3.05) is 19.8 Å². The Bertz CT molecular complexity index is 814. The van der Waals surface area contributed by atoms with Crippen molar-refractivity contribution in [2.24, 2.45) is 0 Å². The highest BCUT2D eigenvalue weighted by Crippen LogP contribution is 2.18. The molecule has 0 unspecified atom stereocenters. The molecule has 0 bridgehead atoms. The molecule has 0 aliphatic carbocycles. The Hall–Kier alpha value is -2.73. The van der Waals surface area contributed by atoms with Crippen LogP contribution in [0.4, 0.5) is 0 Å². The fourth-order valence-corrected chi connectivity index (χ4v) is 2.44. The molecule has 0 fully saturated rings. The molecular formula is C18H20N4O2. The zero-order valence-corrected chi connectivity index (χ0v) is 13.6. The van der Waals surface area contributed by atoms with Gasteiger partial charge in [0, 0.05) is 37.1 Å². The summed E-state index contributed by atoms with van der Waals surface area (Å²) in [6.45, 7) is 3.89. The van der Waals surface area contributed by atoms with E-state index in [0.29, 0.717) is 31.0 Å². The van der Waals surface area contributed by atoms with Gasteiger partial charge >= 0.3 is 0 Å². The fraction of sp³-hybridized carbons (Fsp3) is 0.278. The number of aromatic nitrogens is 3. The standard InChI is InChI=1S/C18H20N4O2/c1-2-24-12-6-10-19-18(23)15-9-11-22-16(13-15)20-21-17(22)14-7-4-3-5-8-14/h3-5,7-9,11,13H,2,6,10,12H2,1H3,(H,19,23). The quantitative estimate of drug-likeness (QED) is 0.678. The van der Waals surface area contributed by atoms with E-state index < -0.39 is 0 Å². The van der Waals surface area contributed by atoms with E-state index in [-0.39, 0.29) is 5.91 Å². The van der Waals surface area contributed by atoms with Crippen LogP contribution in [-0.4, -0.2) is 40.3 Å². The lowest BCUT2D eigenvalue weighted by atomic mass is 10.2. The largest absolute Gasteiger partial charge is 0.382 e. The molecule has 124 valence electrons. The summed E-state index contributed by atoms with van der Waals surface area (Å²) in [6, 6.07) is 13.4. The first-order valence-electron chi connectivity index (χ1n) is 8.05. The summed E-state index contributed by atoms with van der Waals surface area (Å²) >= 11 is 0. The normalized spacial score (nSPS) is 10.9. The highest BCUT2D eigenvalue weighted by molar-refractivity contribution is 5.95. The van der Waals surface area contributed by atoms with E-state index >= 15 is 0 Å². The molecule has 0 saturated carbocycles. The summed E-state index contributed by atoms with van der Waals surface area (Å²) in [7, 11) is 0. The van der Waals surface area contributed by atoms with Gasteiger partial charge in [0.05, 0.1) is 0 Å². The number of amides is 1. The van der Waals surface area contributed by atoms with Crippen LogP contribution in [0.2, 0.25) is 0 Å². The minimum absolute atomic E-state index is 0.113. The van der Waals surface area contributed by atoms with Crippen molar-refractivity contribution >= 4 is 11.6 Å². The molecule has 3 aromatic rings. The van der Waals surface area contributed by atoms with Gasteiger partial charge in [-0.15, -0.1) is 10.2 Å². The van der Waals surface area contributed by atoms with Crippen molar-refractivity contribution in [2.45, 2.75) is 13.3 Å². The molecular weight excluding hydrogens is 304 g/mol. The van der Waals surface area contributed by atoms with Gasteiger partial charge in [0.2, 0.25) is 0 Å². The monoisotopic (exact) mass is 324 g/mol. The third-order valence-electron chi connectivity index (χ3n) is 3.66. The average molecular weight is 324 g/mol. The summed E-state index contributed by atoms with van der Waals surface area (Å²) in [5.41, 5.74) is 2.21. The Morgan fingerprint density at radius 3 is 2.83 bits per heavy atom. The Kier molecular flexibility index (Phi) is 5.18. The molecule has 0 saturated heterocycles. The summed E-state index contributed by atoms with van der Waals surface area (Å²) in [6.07, 6.45) is 2.62. The molecule has 0 aliphatic heterocycles. The van der Waals surface area contributed by atoms with E-state index in [0.717, 1.165) is 17.8 Å². The van der Waals surface area contributed by atoms with E-state index in [1.165, 1.54) is 0 Å². The fourth-order valence-electron chi connectivity index (χ4n) is 2.44. The first-order valence-corrected chi connectivity index (χ1v) is 8.05. The number of hydrogen-bond donors (Lipinski definition) is 1. The maximum absolute atomic E-state index is 12.2. The van der Waals surface area contributed by atoms with Gasteiger partial charge in [-0.2, -0.15) is 0 Å². The predicted octanol–water partition coefficient (Wildman–Crippen LogP) is 2.55. The van der Waals surface area contributed by atoms with Crippen LogP contribution in [0.25, 0.3) is 17.0 Å². The molecule has 0 spiro atoms. The number of pyridine rings is 1. The topological polar surface area (TPSA) is 68.5 Å². The van der Waals surface area contributed by atoms with E-state index in [4.69, 9.17) is 4.74 Å². The third-order valence-corrected chi connectivity index (χ3v) is 3.66. The second-order valence-electron chi connectivity index (χ2n) is 5.34. The molecule has 2 heterocycles. The molecule has 6 heteroatoms. The van der Waals surface area contributed by atoms with Gasteiger partial charge < -0.3 is 10.1 Å². The molecule has 6 nitrogen and oxygen atoms in total. The first kappa shape index (κ1) is 16.1. The van der Waals surface area contributed by atoms with Crippen LogP contribution in [0.1, 0.15) is 23.7 Å². The maximum atomic E-state index is 12.2. The zero-order valence-electron chi connectivity index (χ0n) is 13.6. The minimum Gasteiger partial charge on any atom is -0.382 e. The lowest BCUT2D eigenvalue weighted by molar-refractivity contribution is 0.0944. The second kappa shape index (κ2) is 7.70. The van der Waals surface area contributed by atoms with Crippen LogP contribution < -0.4 is 5.32 Å². The summed E-state index contributed by atoms with van der Waals surface area (Å²) in [5.74, 6) is 0.646. The molecule has 1 aromatic carbocycles. The van der Waals surface area contributed by atoms with Gasteiger partial charge in [0.15, 0.2) is 11.5 Å². The minimum atomic E-state index is -0.113. The summed E-state index contributed by atoms with van der Waals surface area (Å²) in [5, 5.41) is 11.3. The lowest BCUT2D eigenvalue weighted by Gasteiger charge is -2.06. The Labute approximate surface area is 140 Å². The molecule has 24 heavy (non-hydrogen) atoms. The zero-order chi connectivity index (χ0) is 16.8. The van der Waals surface area contributed by atoms with Gasteiger partial charge in [-0.25, -0.2) is 0 Å². The van der Waals surface area contributed by atoms with Crippen molar-refractivity contribution in [3.8, 4) is 11.4 Å².